The van der Waals surface area contributed by atoms with Gasteiger partial charge in [-0.2, -0.15) is 0 Å². The summed E-state index contributed by atoms with van der Waals surface area (Å²) in [5.74, 6) is -0.753. The van der Waals surface area contributed by atoms with E-state index in [1.54, 1.807) is 54.3 Å². The van der Waals surface area contributed by atoms with Crippen LogP contribution >= 0.6 is 0 Å². The Morgan fingerprint density at radius 1 is 1.10 bits per heavy atom. The Balaban J connectivity index is 1.67. The molecule has 1 N–H and O–H groups in total. The van der Waals surface area contributed by atoms with E-state index < -0.39 is 10.0 Å². The molecule has 0 radical (unpaired) electrons. The van der Waals surface area contributed by atoms with Crippen LogP contribution in [0.25, 0.3) is 0 Å². The molecule has 29 heavy (non-hydrogen) atoms. The first-order valence-electron chi connectivity index (χ1n) is 9.54. The lowest BCUT2D eigenvalue weighted by atomic mass is 9.97. The molecule has 2 aromatic carbocycles. The number of amides is 1. The maximum Gasteiger partial charge on any atom is 0.310 e. The molecule has 0 spiro atoms. The van der Waals surface area contributed by atoms with Crippen LogP contribution in [0.2, 0.25) is 0 Å². The van der Waals surface area contributed by atoms with Crippen LogP contribution in [-0.4, -0.2) is 44.9 Å². The summed E-state index contributed by atoms with van der Waals surface area (Å²) < 4.78 is 32.4. The van der Waals surface area contributed by atoms with E-state index in [-0.39, 0.29) is 22.7 Å². The summed E-state index contributed by atoms with van der Waals surface area (Å²) in [5.41, 5.74) is 0.811. The van der Waals surface area contributed by atoms with Crippen LogP contribution in [0.5, 0.6) is 0 Å². The van der Waals surface area contributed by atoms with Gasteiger partial charge in [0.2, 0.25) is 0 Å². The van der Waals surface area contributed by atoms with Gasteiger partial charge >= 0.3 is 5.97 Å². The van der Waals surface area contributed by atoms with Gasteiger partial charge in [-0.05, 0) is 56.2 Å². The maximum atomic E-state index is 12.8. The average molecular weight is 416 g/mol. The fourth-order valence-corrected chi connectivity index (χ4v) is 4.37. The molecule has 1 aliphatic heterocycles. The van der Waals surface area contributed by atoms with Crippen molar-refractivity contribution in [1.29, 1.82) is 0 Å². The van der Waals surface area contributed by atoms with E-state index in [1.165, 1.54) is 12.1 Å². The van der Waals surface area contributed by atoms with Crippen molar-refractivity contribution in [3.63, 3.8) is 0 Å². The average Bonchev–Trinajstić information content (AvgIpc) is 2.74. The largest absolute Gasteiger partial charge is 0.466 e. The minimum absolute atomic E-state index is 0.165. The van der Waals surface area contributed by atoms with Gasteiger partial charge in [-0.1, -0.05) is 18.2 Å². The van der Waals surface area contributed by atoms with Crippen LogP contribution in [0, 0.1) is 5.92 Å². The smallest absolute Gasteiger partial charge is 0.310 e. The quantitative estimate of drug-likeness (QED) is 0.731. The number of rotatable bonds is 6. The Labute approximate surface area is 170 Å². The standard InChI is InChI=1S/C21H24N2O5S/c1-2-28-21(25)17-7-6-14-23(15-17)20(24)16-10-12-18(13-11-16)22-29(26,27)19-8-4-3-5-9-19/h3-5,8-13,17,22H,2,6-7,14-15H2,1H3. The van der Waals surface area contributed by atoms with Gasteiger partial charge in [0, 0.05) is 24.3 Å². The minimum atomic E-state index is -3.69. The van der Waals surface area contributed by atoms with Crippen molar-refractivity contribution in [2.75, 3.05) is 24.4 Å². The normalized spacial score (nSPS) is 16.9. The minimum Gasteiger partial charge on any atom is -0.466 e. The van der Waals surface area contributed by atoms with Crippen molar-refractivity contribution in [3.05, 3.63) is 60.2 Å². The molecule has 3 rings (SSSR count). The number of ether oxygens (including phenoxy) is 1. The molecule has 1 aliphatic rings. The fourth-order valence-electron chi connectivity index (χ4n) is 3.29. The first kappa shape index (κ1) is 20.9. The lowest BCUT2D eigenvalue weighted by molar-refractivity contribution is -0.149. The predicted molar refractivity (Wildman–Crippen MR) is 109 cm³/mol. The Morgan fingerprint density at radius 3 is 2.45 bits per heavy atom. The Morgan fingerprint density at radius 2 is 1.79 bits per heavy atom. The van der Waals surface area contributed by atoms with Gasteiger partial charge in [0.15, 0.2) is 0 Å². The molecular formula is C21H24N2O5S. The zero-order valence-corrected chi connectivity index (χ0v) is 17.0. The van der Waals surface area contributed by atoms with Crippen molar-refractivity contribution in [3.8, 4) is 0 Å². The number of nitrogens with zero attached hydrogens (tertiary/aromatic N) is 1. The third-order valence-electron chi connectivity index (χ3n) is 4.77. The fraction of sp³-hybridized carbons (Fsp3) is 0.333. The van der Waals surface area contributed by atoms with E-state index >= 15 is 0 Å². The molecule has 0 aromatic heterocycles. The number of piperidine rings is 1. The number of hydrogen-bond acceptors (Lipinski definition) is 5. The molecule has 0 saturated carbocycles. The highest BCUT2D eigenvalue weighted by Gasteiger charge is 2.29. The number of carbonyl (C=O) groups excluding carboxylic acids is 2. The number of hydrogen-bond donors (Lipinski definition) is 1. The van der Waals surface area contributed by atoms with Crippen molar-refractivity contribution in [2.24, 2.45) is 5.92 Å². The number of esters is 1. The van der Waals surface area contributed by atoms with E-state index in [1.807, 2.05) is 0 Å². The monoisotopic (exact) mass is 416 g/mol. The molecule has 1 saturated heterocycles. The van der Waals surface area contributed by atoms with Crippen LogP contribution < -0.4 is 4.72 Å². The van der Waals surface area contributed by atoms with E-state index in [2.05, 4.69) is 4.72 Å². The summed E-state index contributed by atoms with van der Waals surface area (Å²) in [5, 5.41) is 0. The maximum absolute atomic E-state index is 12.8. The summed E-state index contributed by atoms with van der Waals surface area (Å²) in [4.78, 5) is 26.6. The van der Waals surface area contributed by atoms with Crippen molar-refractivity contribution < 1.29 is 22.7 Å². The Kier molecular flexibility index (Phi) is 6.53. The number of likely N-dealkylation sites (tertiary alicyclic amines) is 1. The summed E-state index contributed by atoms with van der Waals surface area (Å²) in [6, 6.07) is 14.3. The van der Waals surface area contributed by atoms with Crippen molar-refractivity contribution in [2.45, 2.75) is 24.7 Å². The van der Waals surface area contributed by atoms with Gasteiger partial charge in [-0.15, -0.1) is 0 Å². The van der Waals surface area contributed by atoms with Crippen LogP contribution in [0.15, 0.2) is 59.5 Å². The van der Waals surface area contributed by atoms with Crippen molar-refractivity contribution in [1.82, 2.24) is 4.90 Å². The Hall–Kier alpha value is -2.87. The predicted octanol–water partition coefficient (Wildman–Crippen LogP) is 2.90. The molecule has 1 fully saturated rings. The molecule has 1 atom stereocenters. The third kappa shape index (κ3) is 5.14. The second-order valence-electron chi connectivity index (χ2n) is 6.84. The molecule has 7 nitrogen and oxygen atoms in total. The van der Waals surface area contributed by atoms with Gasteiger partial charge in [0.05, 0.1) is 17.4 Å². The van der Waals surface area contributed by atoms with E-state index in [0.29, 0.717) is 37.4 Å². The second-order valence-corrected chi connectivity index (χ2v) is 8.52. The zero-order valence-electron chi connectivity index (χ0n) is 16.2. The van der Waals surface area contributed by atoms with E-state index in [9.17, 15) is 18.0 Å². The molecule has 0 aliphatic carbocycles. The highest BCUT2D eigenvalue weighted by molar-refractivity contribution is 7.92. The van der Waals surface area contributed by atoms with E-state index in [0.717, 1.165) is 6.42 Å². The van der Waals surface area contributed by atoms with Crippen LogP contribution in [0.4, 0.5) is 5.69 Å². The van der Waals surface area contributed by atoms with Crippen molar-refractivity contribution >= 4 is 27.6 Å². The third-order valence-corrected chi connectivity index (χ3v) is 6.16. The van der Waals surface area contributed by atoms with Gasteiger partial charge in [-0.25, -0.2) is 8.42 Å². The number of nitrogens with one attached hydrogen (secondary N) is 1. The number of carbonyl (C=O) groups is 2. The molecule has 8 heteroatoms. The lowest BCUT2D eigenvalue weighted by Crippen LogP contribution is -2.42. The molecule has 1 unspecified atom stereocenters. The highest BCUT2D eigenvalue weighted by atomic mass is 32.2. The highest BCUT2D eigenvalue weighted by Crippen LogP contribution is 2.21. The molecule has 1 heterocycles. The van der Waals surface area contributed by atoms with E-state index in [4.69, 9.17) is 4.74 Å². The van der Waals surface area contributed by atoms with Crippen LogP contribution in [0.1, 0.15) is 30.1 Å². The summed E-state index contributed by atoms with van der Waals surface area (Å²) in [6.07, 6.45) is 1.45. The molecule has 1 amide bonds. The van der Waals surface area contributed by atoms with Crippen LogP contribution in [-0.2, 0) is 19.6 Å². The zero-order chi connectivity index (χ0) is 20.9. The van der Waals surface area contributed by atoms with Gasteiger partial charge in [-0.3, -0.25) is 14.3 Å². The Bertz CT molecular complexity index is 958. The number of benzene rings is 2. The van der Waals surface area contributed by atoms with Gasteiger partial charge in [0.1, 0.15) is 0 Å². The first-order chi connectivity index (χ1) is 13.9. The number of sulfonamides is 1. The number of anilines is 1. The first-order valence-corrected chi connectivity index (χ1v) is 11.0. The summed E-state index contributed by atoms with van der Waals surface area (Å²) >= 11 is 0. The van der Waals surface area contributed by atoms with Crippen LogP contribution in [0.3, 0.4) is 0 Å². The lowest BCUT2D eigenvalue weighted by Gasteiger charge is -2.31. The summed E-state index contributed by atoms with van der Waals surface area (Å²) in [6.45, 7) is 3.00. The molecule has 2 aromatic rings. The van der Waals surface area contributed by atoms with Gasteiger partial charge in [0.25, 0.3) is 15.9 Å². The van der Waals surface area contributed by atoms with Gasteiger partial charge < -0.3 is 9.64 Å². The SMILES string of the molecule is CCOC(=O)C1CCCN(C(=O)c2ccc(NS(=O)(=O)c3ccccc3)cc2)C1. The molecular weight excluding hydrogens is 392 g/mol. The molecule has 0 bridgehead atoms. The molecule has 154 valence electrons. The summed E-state index contributed by atoms with van der Waals surface area (Å²) in [7, 11) is -3.69. The topological polar surface area (TPSA) is 92.8 Å². The second kappa shape index (κ2) is 9.09.